The average Bonchev–Trinajstić information content (AvgIpc) is 3.04. The van der Waals surface area contributed by atoms with Gasteiger partial charge >= 0.3 is 0 Å². The van der Waals surface area contributed by atoms with Gasteiger partial charge in [-0.25, -0.2) is 13.1 Å². The Morgan fingerprint density at radius 1 is 1.32 bits per heavy atom. The summed E-state index contributed by atoms with van der Waals surface area (Å²) < 4.78 is 26.4. The molecule has 1 amide bonds. The second-order valence-electron chi connectivity index (χ2n) is 6.07. The van der Waals surface area contributed by atoms with Crippen molar-refractivity contribution in [2.45, 2.75) is 24.8 Å². The summed E-state index contributed by atoms with van der Waals surface area (Å²) in [7, 11) is -2.18. The normalized spacial score (nSPS) is 15.0. The molecule has 0 aliphatic carbocycles. The van der Waals surface area contributed by atoms with Crippen LogP contribution in [0.5, 0.6) is 0 Å². The monoisotopic (exact) mass is 379 g/mol. The van der Waals surface area contributed by atoms with Crippen molar-refractivity contribution in [2.75, 3.05) is 25.5 Å². The van der Waals surface area contributed by atoms with Gasteiger partial charge in [0.25, 0.3) is 0 Å². The van der Waals surface area contributed by atoms with Crippen molar-refractivity contribution in [1.82, 2.24) is 9.62 Å². The van der Waals surface area contributed by atoms with Gasteiger partial charge in [-0.3, -0.25) is 9.69 Å². The van der Waals surface area contributed by atoms with E-state index in [1.807, 2.05) is 0 Å². The van der Waals surface area contributed by atoms with Crippen molar-refractivity contribution in [3.05, 3.63) is 45.6 Å². The van der Waals surface area contributed by atoms with Crippen LogP contribution in [-0.2, 0) is 27.8 Å². The summed E-state index contributed by atoms with van der Waals surface area (Å²) in [6, 6.07) is 7.01. The molecule has 0 fully saturated rings. The van der Waals surface area contributed by atoms with Crippen LogP contribution in [0.25, 0.3) is 0 Å². The average molecular weight is 380 g/mol. The fourth-order valence-electron chi connectivity index (χ4n) is 2.92. The van der Waals surface area contributed by atoms with E-state index in [0.717, 1.165) is 19.5 Å². The maximum atomic E-state index is 12.3. The number of carbonyl (C=O) groups excluding carboxylic acids is 1. The van der Waals surface area contributed by atoms with Gasteiger partial charge in [-0.2, -0.15) is 0 Å². The number of benzene rings is 1. The van der Waals surface area contributed by atoms with Gasteiger partial charge < -0.3 is 5.32 Å². The van der Waals surface area contributed by atoms with Crippen LogP contribution in [-0.4, -0.2) is 39.4 Å². The summed E-state index contributed by atoms with van der Waals surface area (Å²) in [4.78, 5) is 16.0. The van der Waals surface area contributed by atoms with Crippen molar-refractivity contribution < 1.29 is 13.2 Å². The minimum atomic E-state index is -3.55. The number of thiophene rings is 1. The molecule has 25 heavy (non-hydrogen) atoms. The molecule has 0 spiro atoms. The molecule has 0 saturated carbocycles. The largest absolute Gasteiger partial charge is 0.325 e. The molecule has 1 aliphatic heterocycles. The number of nitrogens with one attached hydrogen (secondary N) is 2. The molecule has 2 heterocycles. The molecule has 6 nitrogen and oxygen atoms in total. The molecule has 0 unspecified atom stereocenters. The number of sulfonamides is 1. The molecule has 0 bridgehead atoms. The molecular formula is C17H21N3O3S2. The zero-order valence-electron chi connectivity index (χ0n) is 14.2. The number of rotatable bonds is 5. The van der Waals surface area contributed by atoms with E-state index in [9.17, 15) is 13.2 Å². The van der Waals surface area contributed by atoms with Crippen LogP contribution < -0.4 is 10.0 Å². The van der Waals surface area contributed by atoms with E-state index in [4.69, 9.17) is 0 Å². The molecule has 2 N–H and O–H groups in total. The maximum Gasteiger partial charge on any atom is 0.240 e. The third-order valence-electron chi connectivity index (χ3n) is 4.28. The van der Waals surface area contributed by atoms with Gasteiger partial charge in [-0.1, -0.05) is 6.07 Å². The lowest BCUT2D eigenvalue weighted by Gasteiger charge is -2.26. The van der Waals surface area contributed by atoms with E-state index in [-0.39, 0.29) is 17.3 Å². The second kappa shape index (κ2) is 7.25. The molecule has 1 aromatic heterocycles. The fourth-order valence-corrected chi connectivity index (χ4v) is 4.81. The molecular weight excluding hydrogens is 358 g/mol. The zero-order chi connectivity index (χ0) is 18.0. The van der Waals surface area contributed by atoms with E-state index in [1.165, 1.54) is 23.6 Å². The van der Waals surface area contributed by atoms with Gasteiger partial charge in [-0.15, -0.1) is 11.3 Å². The first-order chi connectivity index (χ1) is 11.9. The topological polar surface area (TPSA) is 78.5 Å². The number of anilines is 1. The Morgan fingerprint density at radius 3 is 2.88 bits per heavy atom. The summed E-state index contributed by atoms with van der Waals surface area (Å²) in [6.45, 7) is 3.65. The van der Waals surface area contributed by atoms with Crippen LogP contribution in [0.15, 0.2) is 34.5 Å². The molecule has 0 saturated heterocycles. The van der Waals surface area contributed by atoms with Gasteiger partial charge in [0.05, 0.1) is 11.4 Å². The molecule has 0 atom stereocenters. The van der Waals surface area contributed by atoms with Crippen LogP contribution in [0.2, 0.25) is 0 Å². The van der Waals surface area contributed by atoms with Crippen molar-refractivity contribution in [3.63, 3.8) is 0 Å². The van der Waals surface area contributed by atoms with E-state index in [1.54, 1.807) is 30.4 Å². The molecule has 134 valence electrons. The third kappa shape index (κ3) is 4.09. The molecule has 1 aliphatic rings. The highest BCUT2D eigenvalue weighted by atomic mass is 32.2. The lowest BCUT2D eigenvalue weighted by atomic mass is 10.1. The molecule has 0 radical (unpaired) electrons. The highest BCUT2D eigenvalue weighted by Crippen LogP contribution is 2.24. The van der Waals surface area contributed by atoms with Gasteiger partial charge in [0.2, 0.25) is 15.9 Å². The fraction of sp³-hybridized carbons (Fsp3) is 0.353. The highest BCUT2D eigenvalue weighted by Gasteiger charge is 2.20. The van der Waals surface area contributed by atoms with Crippen LogP contribution >= 0.6 is 11.3 Å². The van der Waals surface area contributed by atoms with E-state index in [0.29, 0.717) is 11.3 Å². The third-order valence-corrected chi connectivity index (χ3v) is 6.86. The number of hydrogen-bond donors (Lipinski definition) is 2. The number of amides is 1. The first kappa shape index (κ1) is 18.1. The number of carbonyl (C=O) groups is 1. The van der Waals surface area contributed by atoms with Crippen LogP contribution in [0, 0.1) is 6.92 Å². The lowest BCUT2D eigenvalue weighted by molar-refractivity contribution is -0.117. The van der Waals surface area contributed by atoms with Crippen LogP contribution in [0.3, 0.4) is 0 Å². The van der Waals surface area contributed by atoms with Gasteiger partial charge in [0.15, 0.2) is 0 Å². The van der Waals surface area contributed by atoms with E-state index in [2.05, 4.69) is 26.4 Å². The maximum absolute atomic E-state index is 12.3. The Morgan fingerprint density at radius 2 is 2.12 bits per heavy atom. The first-order valence-electron chi connectivity index (χ1n) is 8.00. The Kier molecular flexibility index (Phi) is 5.24. The molecule has 8 heteroatoms. The minimum absolute atomic E-state index is 0.143. The number of aryl methyl sites for hydroxylation is 1. The smallest absolute Gasteiger partial charge is 0.240 e. The van der Waals surface area contributed by atoms with Gasteiger partial charge in [-0.05, 0) is 55.1 Å². The van der Waals surface area contributed by atoms with Gasteiger partial charge in [0, 0.05) is 23.7 Å². The standard InChI is InChI=1S/C17H21N3O3S2/c1-12-3-4-14(9-16(12)25(22,23)18-2)19-17(21)11-20-7-5-15-13(10-20)6-8-24-15/h3-4,6,8-9,18H,5,7,10-11H2,1-2H3,(H,19,21). The van der Waals surface area contributed by atoms with Gasteiger partial charge in [0.1, 0.15) is 0 Å². The molecule has 2 aromatic rings. The predicted molar refractivity (Wildman–Crippen MR) is 99.4 cm³/mol. The number of hydrogen-bond acceptors (Lipinski definition) is 5. The lowest BCUT2D eigenvalue weighted by Crippen LogP contribution is -2.36. The number of fused-ring (bicyclic) bond motifs is 1. The first-order valence-corrected chi connectivity index (χ1v) is 10.4. The minimum Gasteiger partial charge on any atom is -0.325 e. The van der Waals surface area contributed by atoms with Crippen molar-refractivity contribution in [3.8, 4) is 0 Å². The quantitative estimate of drug-likeness (QED) is 0.832. The Labute approximate surface area is 151 Å². The van der Waals surface area contributed by atoms with Crippen molar-refractivity contribution >= 4 is 33.0 Å². The molecule has 1 aromatic carbocycles. The zero-order valence-corrected chi connectivity index (χ0v) is 15.8. The number of nitrogens with zero attached hydrogens (tertiary/aromatic N) is 1. The predicted octanol–water partition coefficient (Wildman–Crippen LogP) is 1.96. The summed E-state index contributed by atoms with van der Waals surface area (Å²) in [6.07, 6.45) is 0.968. The second-order valence-corrected chi connectivity index (χ2v) is 8.92. The summed E-state index contributed by atoms with van der Waals surface area (Å²) in [5.74, 6) is -0.143. The van der Waals surface area contributed by atoms with Crippen molar-refractivity contribution in [1.29, 1.82) is 0 Å². The van der Waals surface area contributed by atoms with Crippen LogP contribution in [0.4, 0.5) is 5.69 Å². The van der Waals surface area contributed by atoms with E-state index >= 15 is 0 Å². The summed E-state index contributed by atoms with van der Waals surface area (Å²) in [5.41, 5.74) is 2.41. The van der Waals surface area contributed by atoms with Crippen molar-refractivity contribution in [2.24, 2.45) is 0 Å². The Hall–Kier alpha value is -1.74. The summed E-state index contributed by atoms with van der Waals surface area (Å²) in [5, 5.41) is 4.89. The van der Waals surface area contributed by atoms with Crippen LogP contribution in [0.1, 0.15) is 16.0 Å². The summed E-state index contributed by atoms with van der Waals surface area (Å²) >= 11 is 1.77. The Balaban J connectivity index is 1.67. The molecule has 3 rings (SSSR count). The highest BCUT2D eigenvalue weighted by molar-refractivity contribution is 7.89. The Bertz CT molecular complexity index is 890. The SMILES string of the molecule is CNS(=O)(=O)c1cc(NC(=O)CN2CCc3sccc3C2)ccc1C. The van der Waals surface area contributed by atoms with E-state index < -0.39 is 10.0 Å².